The summed E-state index contributed by atoms with van der Waals surface area (Å²) in [6.45, 7) is 8.85. The zero-order valence-corrected chi connectivity index (χ0v) is 11.3. The molecule has 0 saturated heterocycles. The van der Waals surface area contributed by atoms with Crippen molar-refractivity contribution in [2.24, 2.45) is 5.92 Å². The van der Waals surface area contributed by atoms with Crippen LogP contribution in [-0.2, 0) is 0 Å². The maximum Gasteiger partial charge on any atom is 0.123 e. The van der Waals surface area contributed by atoms with Crippen LogP contribution in [0.5, 0.6) is 0 Å². The second-order valence-electron chi connectivity index (χ2n) is 4.85. The average molecular weight is 237 g/mol. The van der Waals surface area contributed by atoms with Crippen LogP contribution in [0, 0.1) is 11.7 Å². The third kappa shape index (κ3) is 4.12. The van der Waals surface area contributed by atoms with E-state index in [1.165, 1.54) is 24.1 Å². The van der Waals surface area contributed by atoms with Gasteiger partial charge in [-0.2, -0.15) is 0 Å². The highest BCUT2D eigenvalue weighted by molar-refractivity contribution is 5.19. The monoisotopic (exact) mass is 237 g/mol. The van der Waals surface area contributed by atoms with Crippen molar-refractivity contribution in [3.63, 3.8) is 0 Å². The molecule has 1 rings (SSSR count). The first-order valence-electron chi connectivity index (χ1n) is 6.60. The number of hydrogen-bond acceptors (Lipinski definition) is 1. The van der Waals surface area contributed by atoms with E-state index in [4.69, 9.17) is 0 Å². The molecule has 0 aliphatic rings. The van der Waals surface area contributed by atoms with E-state index in [0.717, 1.165) is 6.42 Å². The zero-order chi connectivity index (χ0) is 12.8. The van der Waals surface area contributed by atoms with E-state index < -0.39 is 0 Å². The molecule has 1 N–H and O–H groups in total. The lowest BCUT2D eigenvalue weighted by Crippen LogP contribution is -2.34. The van der Waals surface area contributed by atoms with Gasteiger partial charge in [0.15, 0.2) is 0 Å². The van der Waals surface area contributed by atoms with Crippen LogP contribution in [-0.4, -0.2) is 6.04 Å². The van der Waals surface area contributed by atoms with Crippen molar-refractivity contribution in [1.82, 2.24) is 5.32 Å². The molecule has 0 fully saturated rings. The number of rotatable bonds is 6. The molecule has 3 unspecified atom stereocenters. The van der Waals surface area contributed by atoms with Crippen molar-refractivity contribution in [1.29, 1.82) is 0 Å². The quantitative estimate of drug-likeness (QED) is 0.777. The minimum atomic E-state index is -0.168. The highest BCUT2D eigenvalue weighted by Crippen LogP contribution is 2.19. The second kappa shape index (κ2) is 6.75. The molecule has 0 bridgehead atoms. The molecule has 0 aliphatic heterocycles. The summed E-state index contributed by atoms with van der Waals surface area (Å²) >= 11 is 0. The predicted octanol–water partition coefficient (Wildman–Crippen LogP) is 4.30. The van der Waals surface area contributed by atoms with Gasteiger partial charge in [0.05, 0.1) is 0 Å². The standard InChI is InChI=1S/C15H24FN/c1-5-11(3)12(4)17-15(6-2)13-7-9-14(16)10-8-13/h7-12,15,17H,5-6H2,1-4H3. The summed E-state index contributed by atoms with van der Waals surface area (Å²) in [4.78, 5) is 0. The predicted molar refractivity (Wildman–Crippen MR) is 71.5 cm³/mol. The van der Waals surface area contributed by atoms with Gasteiger partial charge in [0.1, 0.15) is 5.82 Å². The lowest BCUT2D eigenvalue weighted by atomic mass is 9.97. The third-order valence-electron chi connectivity index (χ3n) is 3.64. The van der Waals surface area contributed by atoms with Gasteiger partial charge < -0.3 is 5.32 Å². The smallest absolute Gasteiger partial charge is 0.123 e. The van der Waals surface area contributed by atoms with Gasteiger partial charge in [-0.25, -0.2) is 4.39 Å². The number of nitrogens with one attached hydrogen (secondary N) is 1. The van der Waals surface area contributed by atoms with Crippen molar-refractivity contribution in [3.8, 4) is 0 Å². The van der Waals surface area contributed by atoms with Gasteiger partial charge >= 0.3 is 0 Å². The Labute approximate surface area is 104 Å². The van der Waals surface area contributed by atoms with E-state index in [0.29, 0.717) is 18.0 Å². The van der Waals surface area contributed by atoms with E-state index in [9.17, 15) is 4.39 Å². The van der Waals surface area contributed by atoms with Crippen molar-refractivity contribution in [3.05, 3.63) is 35.6 Å². The van der Waals surface area contributed by atoms with Gasteiger partial charge in [0, 0.05) is 12.1 Å². The Balaban J connectivity index is 2.68. The van der Waals surface area contributed by atoms with E-state index in [2.05, 4.69) is 33.0 Å². The van der Waals surface area contributed by atoms with Crippen LogP contribution >= 0.6 is 0 Å². The summed E-state index contributed by atoms with van der Waals surface area (Å²) in [7, 11) is 0. The third-order valence-corrected chi connectivity index (χ3v) is 3.64. The molecular weight excluding hydrogens is 213 g/mol. The molecule has 0 aromatic heterocycles. The Bertz CT molecular complexity index is 320. The van der Waals surface area contributed by atoms with E-state index in [-0.39, 0.29) is 5.82 Å². The first kappa shape index (κ1) is 14.2. The summed E-state index contributed by atoms with van der Waals surface area (Å²) in [5, 5.41) is 3.63. The van der Waals surface area contributed by atoms with Crippen molar-refractivity contribution in [2.45, 2.75) is 52.6 Å². The Morgan fingerprint density at radius 3 is 2.12 bits per heavy atom. The van der Waals surface area contributed by atoms with Gasteiger partial charge in [-0.1, -0.05) is 39.3 Å². The molecule has 0 amide bonds. The molecule has 1 aromatic rings. The maximum absolute atomic E-state index is 12.9. The van der Waals surface area contributed by atoms with Crippen LogP contribution in [0.4, 0.5) is 4.39 Å². The van der Waals surface area contributed by atoms with Gasteiger partial charge in [-0.3, -0.25) is 0 Å². The summed E-state index contributed by atoms with van der Waals surface area (Å²) < 4.78 is 12.9. The number of halogens is 1. The van der Waals surface area contributed by atoms with E-state index in [1.54, 1.807) is 0 Å². The first-order valence-corrected chi connectivity index (χ1v) is 6.60. The maximum atomic E-state index is 12.9. The molecule has 0 heterocycles. The summed E-state index contributed by atoms with van der Waals surface area (Å²) in [6, 6.07) is 7.62. The van der Waals surface area contributed by atoms with E-state index >= 15 is 0 Å². The highest BCUT2D eigenvalue weighted by Gasteiger charge is 2.16. The summed E-state index contributed by atoms with van der Waals surface area (Å²) in [5.74, 6) is 0.489. The van der Waals surface area contributed by atoms with Gasteiger partial charge in [0.25, 0.3) is 0 Å². The largest absolute Gasteiger partial charge is 0.307 e. The fraction of sp³-hybridized carbons (Fsp3) is 0.600. The molecule has 0 radical (unpaired) electrons. The SMILES string of the molecule is CCC(NC(C)C(C)CC)c1ccc(F)cc1. The average Bonchev–Trinajstić information content (AvgIpc) is 2.35. The molecular formula is C15H24FN. The zero-order valence-electron chi connectivity index (χ0n) is 11.3. The summed E-state index contributed by atoms with van der Waals surface area (Å²) in [5.41, 5.74) is 1.17. The lowest BCUT2D eigenvalue weighted by molar-refractivity contribution is 0.345. The fourth-order valence-corrected chi connectivity index (χ4v) is 1.98. The molecule has 2 heteroatoms. The molecule has 1 aromatic carbocycles. The molecule has 0 saturated carbocycles. The molecule has 0 spiro atoms. The molecule has 1 nitrogen and oxygen atoms in total. The highest BCUT2D eigenvalue weighted by atomic mass is 19.1. The van der Waals surface area contributed by atoms with Crippen LogP contribution in [0.1, 0.15) is 52.1 Å². The van der Waals surface area contributed by atoms with Gasteiger partial charge in [-0.05, 0) is 37.0 Å². The fourth-order valence-electron chi connectivity index (χ4n) is 1.98. The Morgan fingerprint density at radius 1 is 1.06 bits per heavy atom. The minimum Gasteiger partial charge on any atom is -0.307 e. The van der Waals surface area contributed by atoms with Gasteiger partial charge in [0.2, 0.25) is 0 Å². The van der Waals surface area contributed by atoms with Crippen molar-refractivity contribution in [2.75, 3.05) is 0 Å². The van der Waals surface area contributed by atoms with Crippen LogP contribution < -0.4 is 5.32 Å². The topological polar surface area (TPSA) is 12.0 Å². The number of benzene rings is 1. The van der Waals surface area contributed by atoms with Crippen LogP contribution in [0.25, 0.3) is 0 Å². The Kier molecular flexibility index (Phi) is 5.63. The summed E-state index contributed by atoms with van der Waals surface area (Å²) in [6.07, 6.45) is 2.19. The van der Waals surface area contributed by atoms with E-state index in [1.807, 2.05) is 12.1 Å². The minimum absolute atomic E-state index is 0.168. The molecule has 96 valence electrons. The Hall–Kier alpha value is -0.890. The van der Waals surface area contributed by atoms with Crippen LogP contribution in [0.3, 0.4) is 0 Å². The van der Waals surface area contributed by atoms with Crippen LogP contribution in [0.15, 0.2) is 24.3 Å². The molecule has 17 heavy (non-hydrogen) atoms. The molecule has 0 aliphatic carbocycles. The molecule has 3 atom stereocenters. The lowest BCUT2D eigenvalue weighted by Gasteiger charge is -2.26. The van der Waals surface area contributed by atoms with Crippen molar-refractivity contribution < 1.29 is 4.39 Å². The second-order valence-corrected chi connectivity index (χ2v) is 4.85. The number of hydrogen-bond donors (Lipinski definition) is 1. The normalized spacial score (nSPS) is 16.5. The van der Waals surface area contributed by atoms with Crippen LogP contribution in [0.2, 0.25) is 0 Å². The van der Waals surface area contributed by atoms with Gasteiger partial charge in [-0.15, -0.1) is 0 Å². The van der Waals surface area contributed by atoms with Crippen molar-refractivity contribution >= 4 is 0 Å². The first-order chi connectivity index (χ1) is 8.08. The Morgan fingerprint density at radius 2 is 1.65 bits per heavy atom.